The van der Waals surface area contributed by atoms with Gasteiger partial charge in [-0.1, -0.05) is 6.07 Å². The summed E-state index contributed by atoms with van der Waals surface area (Å²) in [5.74, 6) is 1.72. The molecule has 9 nitrogen and oxygen atoms in total. The number of rotatable bonds is 3. The second-order valence-electron chi connectivity index (χ2n) is 9.84. The number of nitrogens with two attached hydrogens (primary N) is 1. The molecule has 33 heavy (non-hydrogen) atoms. The third-order valence-electron chi connectivity index (χ3n) is 7.92. The monoisotopic (exact) mass is 449 g/mol. The fraction of sp³-hybridized carbons (Fsp3) is 0.542. The van der Waals surface area contributed by atoms with Crippen molar-refractivity contribution in [2.45, 2.75) is 31.3 Å². The molecule has 2 aliphatic carbocycles. The number of hydrogen-bond donors (Lipinski definition) is 3. The lowest BCUT2D eigenvalue weighted by molar-refractivity contribution is 0.197. The van der Waals surface area contributed by atoms with Crippen molar-refractivity contribution in [2.24, 2.45) is 17.6 Å². The summed E-state index contributed by atoms with van der Waals surface area (Å²) < 4.78 is 1.54. The van der Waals surface area contributed by atoms with Crippen LogP contribution in [0.25, 0.3) is 5.69 Å². The topological polar surface area (TPSA) is 109 Å². The van der Waals surface area contributed by atoms with Crippen LogP contribution in [0, 0.1) is 11.8 Å². The molecule has 3 fully saturated rings. The van der Waals surface area contributed by atoms with Gasteiger partial charge in [0.15, 0.2) is 0 Å². The van der Waals surface area contributed by atoms with Crippen LogP contribution in [-0.2, 0) is 12.8 Å². The number of likely N-dealkylation sites (tertiary alicyclic amines) is 1. The molecule has 2 saturated heterocycles. The molecule has 0 spiro atoms. The van der Waals surface area contributed by atoms with Crippen molar-refractivity contribution in [3.63, 3.8) is 0 Å². The summed E-state index contributed by atoms with van der Waals surface area (Å²) in [6.07, 6.45) is 4.92. The van der Waals surface area contributed by atoms with Crippen LogP contribution in [0.4, 0.5) is 10.6 Å². The number of urea groups is 1. The van der Waals surface area contributed by atoms with Gasteiger partial charge in [-0.3, -0.25) is 14.8 Å². The van der Waals surface area contributed by atoms with Gasteiger partial charge in [-0.05, 0) is 60.4 Å². The van der Waals surface area contributed by atoms with E-state index in [9.17, 15) is 9.59 Å². The highest BCUT2D eigenvalue weighted by Crippen LogP contribution is 2.45. The third-order valence-corrected chi connectivity index (χ3v) is 7.92. The molecule has 6 rings (SSSR count). The van der Waals surface area contributed by atoms with Crippen LogP contribution < -0.4 is 22.1 Å². The van der Waals surface area contributed by atoms with Gasteiger partial charge in [0, 0.05) is 57.5 Å². The highest BCUT2D eigenvalue weighted by molar-refractivity contribution is 5.88. The lowest BCUT2D eigenvalue weighted by atomic mass is 9.87. The molecule has 1 aromatic carbocycles. The fourth-order valence-electron chi connectivity index (χ4n) is 5.81. The van der Waals surface area contributed by atoms with Crippen molar-refractivity contribution in [2.75, 3.05) is 44.6 Å². The molecule has 2 aliphatic heterocycles. The lowest BCUT2D eigenvalue weighted by Crippen LogP contribution is -2.48. The minimum atomic E-state index is -0.394. The molecule has 9 heteroatoms. The normalized spacial score (nSPS) is 28.8. The van der Waals surface area contributed by atoms with Gasteiger partial charge in [0.2, 0.25) is 0 Å². The molecule has 4 N–H and O–H groups in total. The van der Waals surface area contributed by atoms with E-state index in [1.807, 2.05) is 6.07 Å². The molecule has 2 amide bonds. The van der Waals surface area contributed by atoms with E-state index in [0.717, 1.165) is 63.0 Å². The maximum atomic E-state index is 12.7. The summed E-state index contributed by atoms with van der Waals surface area (Å²) >= 11 is 0. The van der Waals surface area contributed by atoms with Gasteiger partial charge in [-0.25, -0.2) is 9.59 Å². The first-order valence-electron chi connectivity index (χ1n) is 12.0. The molecule has 174 valence electrons. The van der Waals surface area contributed by atoms with E-state index in [1.165, 1.54) is 11.1 Å². The Kier molecular flexibility index (Phi) is 5.20. The van der Waals surface area contributed by atoms with Crippen molar-refractivity contribution in [1.29, 1.82) is 0 Å². The lowest BCUT2D eigenvalue weighted by Gasteiger charge is -2.34. The van der Waals surface area contributed by atoms with Gasteiger partial charge in [0.1, 0.15) is 5.82 Å². The second-order valence-corrected chi connectivity index (χ2v) is 9.84. The summed E-state index contributed by atoms with van der Waals surface area (Å²) in [7, 11) is 0. The SMILES string of the molecule is NC1[C@H]2CN(C3CCc4cc(-n5ccc(NC(=O)N6CCNCC6)nc5=O)ccc4C3)C[C@@H]12. The van der Waals surface area contributed by atoms with E-state index in [-0.39, 0.29) is 11.8 Å². The molecule has 4 aliphatic rings. The zero-order chi connectivity index (χ0) is 22.5. The summed E-state index contributed by atoms with van der Waals surface area (Å²) in [6, 6.07) is 8.78. The van der Waals surface area contributed by atoms with Crippen LogP contribution in [0.1, 0.15) is 17.5 Å². The highest BCUT2D eigenvalue weighted by Gasteiger charge is 2.54. The standard InChI is InChI=1S/C24H31N7O2/c25-22-19-13-30(14-20(19)22)17-3-1-16-12-18(4-2-15(16)11-17)31-8-5-21(28-24(31)33)27-23(32)29-9-6-26-7-10-29/h2,4-5,8,12,17,19-20,22,26H,1,3,6-7,9-11,13-14,25H2,(H,27,28,32,33)/t17?,19-,20+,22?. The van der Waals surface area contributed by atoms with Crippen LogP contribution in [0.5, 0.6) is 0 Å². The Balaban J connectivity index is 1.13. The Labute approximate surface area is 193 Å². The number of nitrogens with one attached hydrogen (secondary N) is 2. The molecular weight excluding hydrogens is 418 g/mol. The van der Waals surface area contributed by atoms with E-state index in [1.54, 1.807) is 21.7 Å². The molecule has 1 saturated carbocycles. The van der Waals surface area contributed by atoms with Crippen molar-refractivity contribution >= 4 is 11.8 Å². The van der Waals surface area contributed by atoms with E-state index in [2.05, 4.69) is 32.7 Å². The Morgan fingerprint density at radius 2 is 1.91 bits per heavy atom. The fourth-order valence-corrected chi connectivity index (χ4v) is 5.81. The van der Waals surface area contributed by atoms with E-state index >= 15 is 0 Å². The van der Waals surface area contributed by atoms with Gasteiger partial charge < -0.3 is 16.0 Å². The molecule has 3 heterocycles. The molecule has 0 radical (unpaired) electrons. The Bertz CT molecular complexity index is 1110. The Hall–Kier alpha value is -2.75. The largest absolute Gasteiger partial charge is 0.354 e. The minimum absolute atomic E-state index is 0.221. The number of aryl methyl sites for hydroxylation is 1. The first-order valence-corrected chi connectivity index (χ1v) is 12.0. The average molecular weight is 450 g/mol. The number of carbonyl (C=O) groups is 1. The quantitative estimate of drug-likeness (QED) is 0.627. The number of anilines is 1. The number of hydrogen-bond acceptors (Lipinski definition) is 6. The Morgan fingerprint density at radius 3 is 2.67 bits per heavy atom. The van der Waals surface area contributed by atoms with Crippen LogP contribution >= 0.6 is 0 Å². The maximum absolute atomic E-state index is 12.7. The summed E-state index contributed by atoms with van der Waals surface area (Å²) in [5, 5.41) is 5.96. The van der Waals surface area contributed by atoms with Gasteiger partial charge in [0.05, 0.1) is 5.69 Å². The van der Waals surface area contributed by atoms with Crippen molar-refractivity contribution in [3.05, 3.63) is 52.1 Å². The second kappa shape index (κ2) is 8.23. The van der Waals surface area contributed by atoms with Crippen LogP contribution in [0.3, 0.4) is 0 Å². The predicted molar refractivity (Wildman–Crippen MR) is 126 cm³/mol. The first kappa shape index (κ1) is 20.8. The van der Waals surface area contributed by atoms with Gasteiger partial charge >= 0.3 is 11.7 Å². The van der Waals surface area contributed by atoms with Gasteiger partial charge in [0.25, 0.3) is 0 Å². The maximum Gasteiger partial charge on any atom is 0.354 e. The Morgan fingerprint density at radius 1 is 1.12 bits per heavy atom. The van der Waals surface area contributed by atoms with Gasteiger partial charge in [-0.2, -0.15) is 4.98 Å². The summed E-state index contributed by atoms with van der Waals surface area (Å²) in [5.41, 5.74) is 9.22. The molecular formula is C24H31N7O2. The average Bonchev–Trinajstić information content (AvgIpc) is 3.23. The van der Waals surface area contributed by atoms with Gasteiger partial charge in [-0.15, -0.1) is 0 Å². The van der Waals surface area contributed by atoms with E-state index in [4.69, 9.17) is 5.73 Å². The van der Waals surface area contributed by atoms with E-state index < -0.39 is 5.69 Å². The molecule has 2 aromatic rings. The third kappa shape index (κ3) is 3.94. The smallest absolute Gasteiger partial charge is 0.327 e. The van der Waals surface area contributed by atoms with E-state index in [0.29, 0.717) is 25.2 Å². The number of amides is 2. The predicted octanol–water partition coefficient (Wildman–Crippen LogP) is 0.416. The number of carbonyl (C=O) groups excluding carboxylic acids is 1. The van der Waals surface area contributed by atoms with Crippen molar-refractivity contribution < 1.29 is 4.79 Å². The first-order chi connectivity index (χ1) is 16.1. The van der Waals surface area contributed by atoms with Crippen LogP contribution in [0.15, 0.2) is 35.3 Å². The zero-order valence-corrected chi connectivity index (χ0v) is 18.7. The number of piperazine rings is 1. The molecule has 4 atom stereocenters. The highest BCUT2D eigenvalue weighted by atomic mass is 16.2. The number of nitrogens with zero attached hydrogens (tertiary/aromatic N) is 4. The zero-order valence-electron chi connectivity index (χ0n) is 18.7. The molecule has 1 aromatic heterocycles. The number of benzene rings is 1. The summed E-state index contributed by atoms with van der Waals surface area (Å²) in [6.45, 7) is 5.14. The number of aromatic nitrogens is 2. The minimum Gasteiger partial charge on any atom is -0.327 e. The molecule has 2 unspecified atom stereocenters. The van der Waals surface area contributed by atoms with Crippen LogP contribution in [-0.4, -0.2) is 76.7 Å². The summed E-state index contributed by atoms with van der Waals surface area (Å²) in [4.78, 5) is 33.5. The van der Waals surface area contributed by atoms with Crippen molar-refractivity contribution in [1.82, 2.24) is 24.7 Å². The number of piperidine rings is 1. The molecule has 0 bridgehead atoms. The van der Waals surface area contributed by atoms with Crippen LogP contribution in [0.2, 0.25) is 0 Å². The number of fused-ring (bicyclic) bond motifs is 2. The van der Waals surface area contributed by atoms with Crippen molar-refractivity contribution in [3.8, 4) is 5.69 Å².